The molecule has 2 saturated heterocycles. The number of ketones is 1. The van der Waals surface area contributed by atoms with Gasteiger partial charge in [0.05, 0.1) is 30.9 Å². The molecule has 2 atom stereocenters. The van der Waals surface area contributed by atoms with Crippen molar-refractivity contribution in [1.29, 1.82) is 0 Å². The molecule has 7 nitrogen and oxygen atoms in total. The number of likely N-dealkylation sites (tertiary alicyclic amines) is 1. The van der Waals surface area contributed by atoms with Gasteiger partial charge in [0.15, 0.2) is 0 Å². The van der Waals surface area contributed by atoms with Crippen LogP contribution in [0, 0.1) is 0 Å². The number of aliphatic hydroxyl groups excluding tert-OH is 1. The van der Waals surface area contributed by atoms with Gasteiger partial charge >= 0.3 is 0 Å². The number of amides is 1. The zero-order valence-corrected chi connectivity index (χ0v) is 19.0. The van der Waals surface area contributed by atoms with Crippen LogP contribution in [0.15, 0.2) is 54.1 Å². The smallest absolute Gasteiger partial charge is 0.295 e. The number of nitrogens with zero attached hydrogens (tertiary/aromatic N) is 1. The van der Waals surface area contributed by atoms with E-state index < -0.39 is 17.7 Å². The molecule has 1 N–H and O–H groups in total. The maximum atomic E-state index is 13.1. The molecule has 4 rings (SSSR count). The number of hydrogen-bond acceptors (Lipinski definition) is 6. The van der Waals surface area contributed by atoms with Crippen molar-refractivity contribution in [2.75, 3.05) is 26.4 Å². The minimum atomic E-state index is -0.712. The number of rotatable bonds is 8. The van der Waals surface area contributed by atoms with Gasteiger partial charge in [-0.2, -0.15) is 0 Å². The number of ether oxygens (including phenoxy) is 3. The van der Waals surface area contributed by atoms with E-state index in [9.17, 15) is 14.7 Å². The van der Waals surface area contributed by atoms with Crippen molar-refractivity contribution in [1.82, 2.24) is 4.90 Å². The summed E-state index contributed by atoms with van der Waals surface area (Å²) in [6, 6.07) is 13.4. The van der Waals surface area contributed by atoms with Crippen LogP contribution in [0.25, 0.3) is 5.76 Å². The van der Waals surface area contributed by atoms with Gasteiger partial charge in [-0.3, -0.25) is 9.59 Å². The number of carbonyl (C=O) groups is 2. The molecule has 7 heteroatoms. The third-order valence-electron chi connectivity index (χ3n) is 5.91. The molecule has 2 unspecified atom stereocenters. The molecule has 2 aliphatic rings. The molecule has 1 amide bonds. The molecule has 2 fully saturated rings. The normalized spacial score (nSPS) is 22.1. The molecule has 0 radical (unpaired) electrons. The van der Waals surface area contributed by atoms with Gasteiger partial charge in [0.25, 0.3) is 11.7 Å². The molecular formula is C26H29NO6. The summed E-state index contributed by atoms with van der Waals surface area (Å²) in [5, 5.41) is 11.2. The minimum Gasteiger partial charge on any atom is -0.507 e. The molecule has 0 spiro atoms. The third-order valence-corrected chi connectivity index (χ3v) is 5.91. The van der Waals surface area contributed by atoms with Gasteiger partial charge in [-0.25, -0.2) is 0 Å². The standard InChI is InChI=1S/C26H29NO6/c1-3-31-19-11-7-17(8-12-19)23-22(24(28)18-9-13-20(14-10-18)32-4-2)25(29)26(30)27(23)16-21-6-5-15-33-21/h7-14,21,23,28H,3-6,15-16H2,1-2H3/b24-22-. The first-order valence-corrected chi connectivity index (χ1v) is 11.4. The van der Waals surface area contributed by atoms with Crippen LogP contribution in [0.2, 0.25) is 0 Å². The molecule has 0 aromatic heterocycles. The molecular weight excluding hydrogens is 422 g/mol. The maximum absolute atomic E-state index is 13.1. The number of carbonyl (C=O) groups excluding carboxylic acids is 2. The van der Waals surface area contributed by atoms with Crippen LogP contribution < -0.4 is 9.47 Å². The lowest BCUT2D eigenvalue weighted by Crippen LogP contribution is -2.36. The molecule has 174 valence electrons. The summed E-state index contributed by atoms with van der Waals surface area (Å²) < 4.78 is 16.7. The van der Waals surface area contributed by atoms with E-state index in [0.717, 1.165) is 18.4 Å². The second kappa shape index (κ2) is 10.1. The molecule has 2 aliphatic heterocycles. The van der Waals surface area contributed by atoms with E-state index in [4.69, 9.17) is 14.2 Å². The predicted molar refractivity (Wildman–Crippen MR) is 123 cm³/mol. The first-order valence-electron chi connectivity index (χ1n) is 11.4. The van der Waals surface area contributed by atoms with Gasteiger partial charge in [-0.15, -0.1) is 0 Å². The van der Waals surface area contributed by atoms with Crippen LogP contribution >= 0.6 is 0 Å². The quantitative estimate of drug-likeness (QED) is 0.370. The Kier molecular flexibility index (Phi) is 6.99. The highest BCUT2D eigenvalue weighted by molar-refractivity contribution is 6.46. The summed E-state index contributed by atoms with van der Waals surface area (Å²) in [4.78, 5) is 27.7. The first-order chi connectivity index (χ1) is 16.0. The van der Waals surface area contributed by atoms with Gasteiger partial charge in [0, 0.05) is 18.7 Å². The monoisotopic (exact) mass is 451 g/mol. The van der Waals surface area contributed by atoms with Crippen molar-refractivity contribution in [3.63, 3.8) is 0 Å². The molecule has 2 aromatic rings. The van der Waals surface area contributed by atoms with Crippen molar-refractivity contribution in [2.24, 2.45) is 0 Å². The molecule has 33 heavy (non-hydrogen) atoms. The van der Waals surface area contributed by atoms with E-state index in [1.165, 1.54) is 4.90 Å². The summed E-state index contributed by atoms with van der Waals surface area (Å²) in [5.74, 6) is -0.167. The van der Waals surface area contributed by atoms with E-state index in [1.807, 2.05) is 38.1 Å². The fourth-order valence-corrected chi connectivity index (χ4v) is 4.37. The first kappa shape index (κ1) is 22.9. The molecule has 0 saturated carbocycles. The van der Waals surface area contributed by atoms with Crippen LogP contribution in [0.3, 0.4) is 0 Å². The molecule has 2 aromatic carbocycles. The SMILES string of the molecule is CCOc1ccc(/C(O)=C2/C(=O)C(=O)N(CC3CCCO3)C2c2ccc(OCC)cc2)cc1. The summed E-state index contributed by atoms with van der Waals surface area (Å²) >= 11 is 0. The van der Waals surface area contributed by atoms with Crippen LogP contribution in [0.5, 0.6) is 11.5 Å². The van der Waals surface area contributed by atoms with Crippen molar-refractivity contribution >= 4 is 17.4 Å². The Labute approximate surface area is 193 Å². The van der Waals surface area contributed by atoms with E-state index in [0.29, 0.717) is 43.4 Å². The summed E-state index contributed by atoms with van der Waals surface area (Å²) in [7, 11) is 0. The fraction of sp³-hybridized carbons (Fsp3) is 0.385. The Morgan fingerprint density at radius 1 is 1.00 bits per heavy atom. The highest BCUT2D eigenvalue weighted by atomic mass is 16.5. The minimum absolute atomic E-state index is 0.0753. The van der Waals surface area contributed by atoms with Gasteiger partial charge in [0.1, 0.15) is 17.3 Å². The van der Waals surface area contributed by atoms with E-state index in [1.54, 1.807) is 24.3 Å². The Morgan fingerprint density at radius 3 is 2.15 bits per heavy atom. The number of hydrogen-bond donors (Lipinski definition) is 1. The lowest BCUT2D eigenvalue weighted by molar-refractivity contribution is -0.140. The van der Waals surface area contributed by atoms with Crippen molar-refractivity contribution in [2.45, 2.75) is 38.8 Å². The second-order valence-corrected chi connectivity index (χ2v) is 8.05. The fourth-order valence-electron chi connectivity index (χ4n) is 4.37. The Bertz CT molecular complexity index is 1020. The summed E-state index contributed by atoms with van der Waals surface area (Å²) in [6.07, 6.45) is 1.63. The second-order valence-electron chi connectivity index (χ2n) is 8.05. The summed E-state index contributed by atoms with van der Waals surface area (Å²) in [6.45, 7) is 5.80. The predicted octanol–water partition coefficient (Wildman–Crippen LogP) is 4.08. The molecule has 2 heterocycles. The van der Waals surface area contributed by atoms with Crippen LogP contribution in [0.1, 0.15) is 43.9 Å². The highest BCUT2D eigenvalue weighted by Crippen LogP contribution is 2.40. The van der Waals surface area contributed by atoms with Crippen molar-refractivity contribution in [3.8, 4) is 11.5 Å². The molecule has 0 aliphatic carbocycles. The number of aliphatic hydroxyl groups is 1. The number of Topliss-reactive ketones (excluding diaryl/α,β-unsaturated/α-hetero) is 1. The Balaban J connectivity index is 1.75. The third kappa shape index (κ3) is 4.73. The van der Waals surface area contributed by atoms with Crippen molar-refractivity contribution < 1.29 is 28.9 Å². The largest absolute Gasteiger partial charge is 0.507 e. The van der Waals surface area contributed by atoms with Crippen LogP contribution in [-0.2, 0) is 14.3 Å². The highest BCUT2D eigenvalue weighted by Gasteiger charge is 2.47. The van der Waals surface area contributed by atoms with E-state index >= 15 is 0 Å². The maximum Gasteiger partial charge on any atom is 0.295 e. The average Bonchev–Trinajstić information content (AvgIpc) is 3.43. The van der Waals surface area contributed by atoms with E-state index in [-0.39, 0.29) is 17.4 Å². The lowest BCUT2D eigenvalue weighted by atomic mass is 9.95. The Morgan fingerprint density at radius 2 is 1.61 bits per heavy atom. The van der Waals surface area contributed by atoms with Crippen LogP contribution in [0.4, 0.5) is 0 Å². The molecule has 0 bridgehead atoms. The topological polar surface area (TPSA) is 85.3 Å². The Hall–Kier alpha value is -3.32. The lowest BCUT2D eigenvalue weighted by Gasteiger charge is -2.27. The zero-order valence-electron chi connectivity index (χ0n) is 19.0. The number of benzene rings is 2. The van der Waals surface area contributed by atoms with Gasteiger partial charge in [-0.1, -0.05) is 12.1 Å². The van der Waals surface area contributed by atoms with Gasteiger partial charge in [-0.05, 0) is 68.7 Å². The average molecular weight is 452 g/mol. The van der Waals surface area contributed by atoms with Crippen LogP contribution in [-0.4, -0.2) is 54.2 Å². The van der Waals surface area contributed by atoms with Crippen molar-refractivity contribution in [3.05, 3.63) is 65.2 Å². The van der Waals surface area contributed by atoms with E-state index in [2.05, 4.69) is 0 Å². The zero-order chi connectivity index (χ0) is 23.4. The van der Waals surface area contributed by atoms with Gasteiger partial charge in [0.2, 0.25) is 0 Å². The van der Waals surface area contributed by atoms with Gasteiger partial charge < -0.3 is 24.2 Å². The summed E-state index contributed by atoms with van der Waals surface area (Å²) in [5.41, 5.74) is 1.25.